The summed E-state index contributed by atoms with van der Waals surface area (Å²) in [5.74, 6) is 5.85. The van der Waals surface area contributed by atoms with Gasteiger partial charge in [0.25, 0.3) is 0 Å². The van der Waals surface area contributed by atoms with Crippen LogP contribution in [0.5, 0.6) is 0 Å². The highest BCUT2D eigenvalue weighted by Crippen LogP contribution is 2.18. The molecule has 7 nitrogen and oxygen atoms in total. The number of nitrogens with one attached hydrogen (secondary N) is 2. The van der Waals surface area contributed by atoms with E-state index >= 15 is 0 Å². The van der Waals surface area contributed by atoms with Gasteiger partial charge in [0.05, 0.1) is 0 Å². The van der Waals surface area contributed by atoms with Crippen LogP contribution < -0.4 is 16.0 Å². The maximum absolute atomic E-state index is 12.5. The van der Waals surface area contributed by atoms with Gasteiger partial charge in [-0.2, -0.15) is 0 Å². The molecule has 1 heterocycles. The minimum absolute atomic E-state index is 0.0556. The number of anilines is 1. The molecular weight excluding hydrogens is 290 g/mol. The van der Waals surface area contributed by atoms with Crippen LogP contribution >= 0.6 is 0 Å². The average molecular weight is 315 g/mol. The molecule has 1 unspecified atom stereocenters. The topological polar surface area (TPSA) is 100 Å². The van der Waals surface area contributed by atoms with E-state index in [4.69, 9.17) is 5.84 Å². The van der Waals surface area contributed by atoms with E-state index in [1.165, 1.54) is 12.3 Å². The molecule has 0 aliphatic heterocycles. The average Bonchev–Trinajstić information content (AvgIpc) is 2.36. The lowest BCUT2D eigenvalue weighted by molar-refractivity contribution is 0.329. The molecule has 0 aliphatic rings. The summed E-state index contributed by atoms with van der Waals surface area (Å²) in [4.78, 5) is 5.94. The Balaban J connectivity index is 2.99. The first kappa shape index (κ1) is 17.8. The van der Waals surface area contributed by atoms with Crippen LogP contribution in [0.4, 0.5) is 5.82 Å². The van der Waals surface area contributed by atoms with Gasteiger partial charge in [0.1, 0.15) is 4.90 Å². The lowest BCUT2D eigenvalue weighted by atomic mass is 10.0. The summed E-state index contributed by atoms with van der Waals surface area (Å²) in [5, 5.41) is 0. The lowest BCUT2D eigenvalue weighted by Gasteiger charge is -2.24. The monoisotopic (exact) mass is 315 g/mol. The first-order valence-electron chi connectivity index (χ1n) is 6.85. The van der Waals surface area contributed by atoms with E-state index in [-0.39, 0.29) is 16.8 Å². The molecule has 0 fully saturated rings. The molecule has 1 aromatic rings. The van der Waals surface area contributed by atoms with Crippen molar-refractivity contribution < 1.29 is 8.42 Å². The third kappa shape index (κ3) is 5.58. The first-order chi connectivity index (χ1) is 9.76. The van der Waals surface area contributed by atoms with Gasteiger partial charge in [-0.25, -0.2) is 24.0 Å². The van der Waals surface area contributed by atoms with Crippen molar-refractivity contribution in [3.8, 4) is 0 Å². The molecule has 0 aromatic carbocycles. The van der Waals surface area contributed by atoms with Gasteiger partial charge in [-0.1, -0.05) is 13.8 Å². The van der Waals surface area contributed by atoms with Gasteiger partial charge in [-0.3, -0.25) is 0 Å². The number of rotatable bonds is 8. The third-order valence-electron chi connectivity index (χ3n) is 2.86. The molecule has 0 saturated heterocycles. The van der Waals surface area contributed by atoms with E-state index in [1.807, 2.05) is 19.0 Å². The predicted molar refractivity (Wildman–Crippen MR) is 84.2 cm³/mol. The Labute approximate surface area is 127 Å². The number of hydrogen-bond donors (Lipinski definition) is 3. The van der Waals surface area contributed by atoms with Crippen molar-refractivity contribution in [2.75, 3.05) is 26.1 Å². The number of likely N-dealkylation sites (N-methyl/N-ethyl adjacent to an activating group) is 1. The van der Waals surface area contributed by atoms with Crippen LogP contribution in [0.3, 0.4) is 0 Å². The van der Waals surface area contributed by atoms with E-state index in [2.05, 4.69) is 29.0 Å². The summed E-state index contributed by atoms with van der Waals surface area (Å²) in [7, 11) is 0.155. The van der Waals surface area contributed by atoms with Crippen LogP contribution in [0.15, 0.2) is 23.2 Å². The summed E-state index contributed by atoms with van der Waals surface area (Å²) in [6.45, 7) is 4.75. The summed E-state index contributed by atoms with van der Waals surface area (Å²) in [6.07, 6.45) is 2.24. The fraction of sp³-hybridized carbons (Fsp3) is 0.615. The van der Waals surface area contributed by atoms with Crippen LogP contribution in [0.1, 0.15) is 20.3 Å². The highest BCUT2D eigenvalue weighted by Gasteiger charge is 2.24. The highest BCUT2D eigenvalue weighted by atomic mass is 32.2. The van der Waals surface area contributed by atoms with Gasteiger partial charge in [0.2, 0.25) is 10.0 Å². The minimum Gasteiger partial charge on any atom is -0.308 e. The first-order valence-corrected chi connectivity index (χ1v) is 8.33. The maximum Gasteiger partial charge on any atom is 0.244 e. The van der Waals surface area contributed by atoms with Crippen molar-refractivity contribution in [2.24, 2.45) is 11.8 Å². The number of nitrogens with zero attached hydrogens (tertiary/aromatic N) is 2. The van der Waals surface area contributed by atoms with E-state index in [1.54, 1.807) is 6.07 Å². The SMILES string of the molecule is CC(C)CC(CN(C)C)NS(=O)(=O)c1cccnc1NN. The zero-order chi connectivity index (χ0) is 16.0. The Hall–Kier alpha value is -1.22. The van der Waals surface area contributed by atoms with Crippen molar-refractivity contribution in [1.82, 2.24) is 14.6 Å². The van der Waals surface area contributed by atoms with Crippen molar-refractivity contribution in [1.29, 1.82) is 0 Å². The van der Waals surface area contributed by atoms with Gasteiger partial charge in [-0.05, 0) is 38.6 Å². The van der Waals surface area contributed by atoms with Gasteiger partial charge < -0.3 is 10.3 Å². The van der Waals surface area contributed by atoms with E-state index in [0.29, 0.717) is 12.5 Å². The summed E-state index contributed by atoms with van der Waals surface area (Å²) in [5.41, 5.74) is 2.32. The van der Waals surface area contributed by atoms with Crippen LogP contribution in [-0.2, 0) is 10.0 Å². The molecule has 0 saturated carbocycles. The van der Waals surface area contributed by atoms with E-state index in [0.717, 1.165) is 6.42 Å². The quantitative estimate of drug-likeness (QED) is 0.480. The van der Waals surface area contributed by atoms with Crippen molar-refractivity contribution in [3.05, 3.63) is 18.3 Å². The smallest absolute Gasteiger partial charge is 0.244 e. The fourth-order valence-corrected chi connectivity index (χ4v) is 3.53. The number of hydrazine groups is 1. The van der Waals surface area contributed by atoms with Crippen LogP contribution in [0.25, 0.3) is 0 Å². The molecule has 4 N–H and O–H groups in total. The molecular formula is C13H25N5O2S. The van der Waals surface area contributed by atoms with E-state index < -0.39 is 10.0 Å². The molecule has 1 aromatic heterocycles. The molecule has 1 atom stereocenters. The molecule has 0 aliphatic carbocycles. The zero-order valence-electron chi connectivity index (χ0n) is 13.0. The summed E-state index contributed by atoms with van der Waals surface area (Å²) >= 11 is 0. The van der Waals surface area contributed by atoms with Gasteiger partial charge in [0, 0.05) is 18.8 Å². The predicted octanol–water partition coefficient (Wildman–Crippen LogP) is 0.622. The molecule has 0 bridgehead atoms. The number of nitrogens with two attached hydrogens (primary N) is 1. The zero-order valence-corrected chi connectivity index (χ0v) is 13.8. The van der Waals surface area contributed by atoms with Crippen molar-refractivity contribution in [3.63, 3.8) is 0 Å². The third-order valence-corrected chi connectivity index (χ3v) is 4.41. The molecule has 1 rings (SSSR count). The Morgan fingerprint density at radius 3 is 2.57 bits per heavy atom. The standard InChI is InChI=1S/C13H25N5O2S/c1-10(2)8-11(9-18(3)4)17-21(19,20)12-6-5-7-15-13(12)16-14/h5-7,10-11,17H,8-9,14H2,1-4H3,(H,15,16). The van der Waals surface area contributed by atoms with Gasteiger partial charge >= 0.3 is 0 Å². The minimum atomic E-state index is -3.68. The van der Waals surface area contributed by atoms with Crippen molar-refractivity contribution >= 4 is 15.8 Å². The lowest BCUT2D eigenvalue weighted by Crippen LogP contribution is -2.42. The van der Waals surface area contributed by atoms with Crippen molar-refractivity contribution in [2.45, 2.75) is 31.2 Å². The second-order valence-corrected chi connectivity index (χ2v) is 7.39. The van der Waals surface area contributed by atoms with Crippen LogP contribution in [0, 0.1) is 5.92 Å². The number of nitrogen functional groups attached to an aromatic ring is 1. The number of aromatic nitrogens is 1. The summed E-state index contributed by atoms with van der Waals surface area (Å²) < 4.78 is 27.8. The normalized spacial score (nSPS) is 13.7. The van der Waals surface area contributed by atoms with Crippen LogP contribution in [0.2, 0.25) is 0 Å². The Kier molecular flexibility index (Phi) is 6.53. The van der Waals surface area contributed by atoms with Gasteiger partial charge in [0.15, 0.2) is 5.82 Å². The number of hydrogen-bond acceptors (Lipinski definition) is 6. The summed E-state index contributed by atoms with van der Waals surface area (Å²) in [6, 6.07) is 2.88. The molecule has 120 valence electrons. The Bertz CT molecular complexity index is 535. The Morgan fingerprint density at radius 1 is 1.38 bits per heavy atom. The second-order valence-electron chi connectivity index (χ2n) is 5.70. The molecule has 0 radical (unpaired) electrons. The number of sulfonamides is 1. The molecule has 0 amide bonds. The largest absolute Gasteiger partial charge is 0.308 e. The molecule has 0 spiro atoms. The molecule has 21 heavy (non-hydrogen) atoms. The highest BCUT2D eigenvalue weighted by molar-refractivity contribution is 7.89. The van der Waals surface area contributed by atoms with Gasteiger partial charge in [-0.15, -0.1) is 0 Å². The maximum atomic E-state index is 12.5. The molecule has 8 heteroatoms. The van der Waals surface area contributed by atoms with Crippen LogP contribution in [-0.4, -0.2) is 45.0 Å². The second kappa shape index (κ2) is 7.69. The fourth-order valence-electron chi connectivity index (χ4n) is 2.17. The van der Waals surface area contributed by atoms with E-state index in [9.17, 15) is 8.42 Å². The number of pyridine rings is 1. The Morgan fingerprint density at radius 2 is 2.05 bits per heavy atom.